The highest BCUT2D eigenvalue weighted by Crippen LogP contribution is 2.62. The predicted molar refractivity (Wildman–Crippen MR) is 229 cm³/mol. The molecule has 0 radical (unpaired) electrons. The molecule has 0 fully saturated rings. The van der Waals surface area contributed by atoms with Gasteiger partial charge in [0.25, 0.3) is 0 Å². The molecule has 8 aromatic rings. The van der Waals surface area contributed by atoms with E-state index in [1.807, 2.05) is 0 Å². The number of anilines is 6. The van der Waals surface area contributed by atoms with Crippen LogP contribution in [0.1, 0.15) is 49.9 Å². The molecule has 8 aromatic carbocycles. The maximum absolute atomic E-state index is 6.92. The van der Waals surface area contributed by atoms with Gasteiger partial charge < -0.3 is 14.5 Å². The van der Waals surface area contributed by atoms with Gasteiger partial charge in [-0.3, -0.25) is 0 Å². The van der Waals surface area contributed by atoms with Crippen LogP contribution in [0.5, 0.6) is 11.5 Å². The molecule has 0 saturated carbocycles. The third kappa shape index (κ3) is 4.50. The lowest BCUT2D eigenvalue weighted by atomic mass is 9.72. The molecule has 0 amide bonds. The monoisotopic (exact) mass is 708 g/mol. The van der Waals surface area contributed by atoms with Crippen molar-refractivity contribution in [1.82, 2.24) is 0 Å². The van der Waals surface area contributed by atoms with Crippen molar-refractivity contribution in [2.75, 3.05) is 9.80 Å². The Bertz CT molecular complexity index is 2860. The lowest BCUT2D eigenvalue weighted by molar-refractivity contribution is 0.473. The van der Waals surface area contributed by atoms with Crippen molar-refractivity contribution >= 4 is 44.9 Å². The summed E-state index contributed by atoms with van der Waals surface area (Å²) in [6.45, 7) is 9.36. The van der Waals surface area contributed by atoms with Crippen LogP contribution in [0.4, 0.5) is 34.1 Å². The first-order valence-electron chi connectivity index (χ1n) is 19.3. The molecule has 55 heavy (non-hydrogen) atoms. The summed E-state index contributed by atoms with van der Waals surface area (Å²) in [5.41, 5.74) is 16.7. The first kappa shape index (κ1) is 31.9. The van der Waals surface area contributed by atoms with E-state index in [0.29, 0.717) is 0 Å². The Hall–Kier alpha value is -6.58. The van der Waals surface area contributed by atoms with Gasteiger partial charge in [-0.25, -0.2) is 0 Å². The Balaban J connectivity index is 1.07. The van der Waals surface area contributed by atoms with Gasteiger partial charge in [-0.05, 0) is 92.9 Å². The number of fused-ring (bicyclic) bond motifs is 8. The van der Waals surface area contributed by atoms with E-state index in [1.54, 1.807) is 0 Å². The van der Waals surface area contributed by atoms with Crippen LogP contribution in [0.2, 0.25) is 0 Å². The van der Waals surface area contributed by atoms with E-state index in [1.165, 1.54) is 49.8 Å². The largest absolute Gasteiger partial charge is 0.452 e. The van der Waals surface area contributed by atoms with Crippen molar-refractivity contribution in [2.24, 2.45) is 0 Å². The van der Waals surface area contributed by atoms with E-state index in [2.05, 4.69) is 207 Å². The van der Waals surface area contributed by atoms with Gasteiger partial charge in [0.15, 0.2) is 11.5 Å². The molecule has 264 valence electrons. The minimum atomic E-state index is -0.194. The van der Waals surface area contributed by atoms with Crippen LogP contribution in [0.15, 0.2) is 170 Å². The number of hydrogen-bond acceptors (Lipinski definition) is 3. The molecule has 0 atom stereocenters. The zero-order chi connectivity index (χ0) is 37.1. The zero-order valence-corrected chi connectivity index (χ0v) is 31.5. The van der Waals surface area contributed by atoms with Gasteiger partial charge in [-0.2, -0.15) is 0 Å². The lowest BCUT2D eigenvalue weighted by Gasteiger charge is -2.45. The summed E-state index contributed by atoms with van der Waals surface area (Å²) < 4.78 is 6.92. The Morgan fingerprint density at radius 3 is 1.96 bits per heavy atom. The average Bonchev–Trinajstić information content (AvgIpc) is 3.45. The average molecular weight is 709 g/mol. The topological polar surface area (TPSA) is 15.7 Å². The van der Waals surface area contributed by atoms with E-state index < -0.39 is 0 Å². The summed E-state index contributed by atoms with van der Waals surface area (Å²) in [6, 6.07) is 62.0. The number of nitrogens with zero attached hydrogens (tertiary/aromatic N) is 2. The quantitative estimate of drug-likeness (QED) is 0.181. The van der Waals surface area contributed by atoms with Crippen molar-refractivity contribution in [3.63, 3.8) is 0 Å². The van der Waals surface area contributed by atoms with Crippen LogP contribution in [-0.2, 0) is 10.8 Å². The summed E-state index contributed by atoms with van der Waals surface area (Å²) in [7, 11) is 0. The Labute approximate surface area is 322 Å². The summed E-state index contributed by atoms with van der Waals surface area (Å²) in [5.74, 6) is 1.77. The van der Waals surface area contributed by atoms with E-state index in [0.717, 1.165) is 51.1 Å². The van der Waals surface area contributed by atoms with E-state index >= 15 is 0 Å². The summed E-state index contributed by atoms with van der Waals surface area (Å²) in [6.07, 6.45) is 0. The Morgan fingerprint density at radius 1 is 0.473 bits per heavy atom. The smallest absolute Gasteiger partial charge is 0.159 e. The van der Waals surface area contributed by atoms with Crippen LogP contribution in [0.3, 0.4) is 0 Å². The van der Waals surface area contributed by atoms with Gasteiger partial charge in [0, 0.05) is 33.2 Å². The number of rotatable bonds is 4. The maximum atomic E-state index is 6.92. The van der Waals surface area contributed by atoms with Crippen molar-refractivity contribution in [3.05, 3.63) is 192 Å². The van der Waals surface area contributed by atoms with Gasteiger partial charge in [0.2, 0.25) is 0 Å². The molecule has 3 aliphatic rings. The lowest BCUT2D eigenvalue weighted by Crippen LogP contribution is -2.32. The minimum Gasteiger partial charge on any atom is -0.452 e. The SMILES string of the molecule is CC1(C)c2ccccc2-c2ccc(N(c3ccc(-c4ccc5c6c4Oc4ccccc4N6c4ccccc4C5(C)C)cc3)c3cccc4ccccc34)cc21. The highest BCUT2D eigenvalue weighted by atomic mass is 16.5. The van der Waals surface area contributed by atoms with Gasteiger partial charge in [-0.1, -0.05) is 149 Å². The third-order valence-corrected chi connectivity index (χ3v) is 12.4. The van der Waals surface area contributed by atoms with Crippen LogP contribution in [0.25, 0.3) is 33.0 Å². The van der Waals surface area contributed by atoms with Crippen molar-refractivity contribution < 1.29 is 4.74 Å². The minimum absolute atomic E-state index is 0.106. The molecule has 0 unspecified atom stereocenters. The van der Waals surface area contributed by atoms with Crippen LogP contribution < -0.4 is 14.5 Å². The molecule has 11 rings (SSSR count). The van der Waals surface area contributed by atoms with Gasteiger partial charge in [0.05, 0.1) is 22.7 Å². The highest BCUT2D eigenvalue weighted by Gasteiger charge is 2.42. The number of hydrogen-bond donors (Lipinski definition) is 0. The molecule has 0 aromatic heterocycles. The fourth-order valence-corrected chi connectivity index (χ4v) is 9.63. The van der Waals surface area contributed by atoms with Gasteiger partial charge in [-0.15, -0.1) is 0 Å². The molecule has 0 spiro atoms. The zero-order valence-electron chi connectivity index (χ0n) is 31.5. The molecule has 2 aliphatic heterocycles. The fourth-order valence-electron chi connectivity index (χ4n) is 9.63. The Morgan fingerprint density at radius 2 is 1.11 bits per heavy atom. The molecule has 3 heteroatoms. The Kier molecular flexibility index (Phi) is 6.65. The fraction of sp³-hybridized carbons (Fsp3) is 0.115. The summed E-state index contributed by atoms with van der Waals surface area (Å²) in [5, 5.41) is 2.43. The third-order valence-electron chi connectivity index (χ3n) is 12.4. The molecule has 0 saturated heterocycles. The molecule has 1 aliphatic carbocycles. The molecular weight excluding hydrogens is 669 g/mol. The van der Waals surface area contributed by atoms with Gasteiger partial charge in [0.1, 0.15) is 0 Å². The number of ether oxygens (including phenoxy) is 1. The number of benzene rings is 8. The molecular formula is C52H40N2O. The van der Waals surface area contributed by atoms with Crippen LogP contribution in [-0.4, -0.2) is 0 Å². The molecule has 0 bridgehead atoms. The van der Waals surface area contributed by atoms with Gasteiger partial charge >= 0.3 is 0 Å². The standard InChI is InChI=1S/C52H40N2O/c1-51(2)41-18-8-7-17-39(41)40-29-28-36(32-44(40)51)53(45-22-13-15-33-14-5-6-16-37(33)45)35-26-24-34(25-27-35)38-30-31-43-49-50(38)55-48-23-12-11-21-47(48)54(49)46-20-10-9-19-42(46)52(43,3)4/h5-32H,1-4H3. The second-order valence-corrected chi connectivity index (χ2v) is 16.2. The summed E-state index contributed by atoms with van der Waals surface area (Å²) >= 11 is 0. The van der Waals surface area contributed by atoms with E-state index in [9.17, 15) is 0 Å². The van der Waals surface area contributed by atoms with Crippen LogP contribution >= 0.6 is 0 Å². The van der Waals surface area contributed by atoms with Crippen molar-refractivity contribution in [2.45, 2.75) is 38.5 Å². The van der Waals surface area contributed by atoms with E-state index in [-0.39, 0.29) is 10.8 Å². The maximum Gasteiger partial charge on any atom is 0.159 e. The second-order valence-electron chi connectivity index (χ2n) is 16.2. The molecule has 3 nitrogen and oxygen atoms in total. The number of para-hydroxylation sites is 3. The highest BCUT2D eigenvalue weighted by molar-refractivity contribution is 6.00. The second kappa shape index (κ2) is 11.5. The van der Waals surface area contributed by atoms with Crippen LogP contribution in [0, 0.1) is 0 Å². The van der Waals surface area contributed by atoms with E-state index in [4.69, 9.17) is 4.74 Å². The molecule has 2 heterocycles. The molecule has 0 N–H and O–H groups in total. The predicted octanol–water partition coefficient (Wildman–Crippen LogP) is 14.5. The first-order chi connectivity index (χ1) is 26.8. The van der Waals surface area contributed by atoms with Crippen molar-refractivity contribution in [3.8, 4) is 33.8 Å². The van der Waals surface area contributed by atoms with Crippen molar-refractivity contribution in [1.29, 1.82) is 0 Å². The normalized spacial score (nSPS) is 14.9. The summed E-state index contributed by atoms with van der Waals surface area (Å²) in [4.78, 5) is 4.84. The first-order valence-corrected chi connectivity index (χ1v) is 19.3.